The van der Waals surface area contributed by atoms with E-state index in [-0.39, 0.29) is 18.6 Å². The summed E-state index contributed by atoms with van der Waals surface area (Å²) in [4.78, 5) is 42.8. The van der Waals surface area contributed by atoms with Crippen LogP contribution in [0.4, 0.5) is 22.2 Å². The fourth-order valence-electron chi connectivity index (χ4n) is 3.22. The van der Waals surface area contributed by atoms with E-state index in [0.717, 1.165) is 5.56 Å². The molecule has 2 heterocycles. The monoisotopic (exact) mass is 428 g/mol. The largest absolute Gasteiger partial charge is 0.497 e. The molecule has 1 aliphatic heterocycles. The van der Waals surface area contributed by atoms with Crippen molar-refractivity contribution in [1.82, 2.24) is 15.4 Å². The molecule has 2 aromatic rings. The minimum atomic E-state index is -0.424. The van der Waals surface area contributed by atoms with Gasteiger partial charge in [0.2, 0.25) is 5.95 Å². The number of urea groups is 1. The highest BCUT2D eigenvalue weighted by molar-refractivity contribution is 6.06. The Morgan fingerprint density at radius 3 is 2.68 bits per heavy atom. The maximum Gasteiger partial charge on any atom is 0.330 e. The number of nitrogens with one attached hydrogen (secondary N) is 2. The fraction of sp³-hybridized carbons (Fsp3) is 0.429. The third-order valence-corrected chi connectivity index (χ3v) is 4.63. The number of carbonyl (C=O) groups is 2. The van der Waals surface area contributed by atoms with Crippen molar-refractivity contribution in [3.05, 3.63) is 35.5 Å². The van der Waals surface area contributed by atoms with Crippen molar-refractivity contribution in [2.24, 2.45) is 0 Å². The van der Waals surface area contributed by atoms with Gasteiger partial charge in [0.1, 0.15) is 11.6 Å². The van der Waals surface area contributed by atoms with E-state index in [1.165, 1.54) is 7.11 Å². The molecule has 166 valence electrons. The topological polar surface area (TPSA) is 109 Å². The molecule has 1 aromatic heterocycles. The van der Waals surface area contributed by atoms with Crippen LogP contribution in [0.1, 0.15) is 43.6 Å². The number of fused-ring (bicyclic) bond motifs is 1. The highest BCUT2D eigenvalue weighted by Gasteiger charge is 2.33. The van der Waals surface area contributed by atoms with Gasteiger partial charge >= 0.3 is 6.03 Å². The maximum atomic E-state index is 13.3. The van der Waals surface area contributed by atoms with Gasteiger partial charge in [-0.15, -0.1) is 0 Å². The zero-order valence-electron chi connectivity index (χ0n) is 18.4. The van der Waals surface area contributed by atoms with Crippen LogP contribution in [0.3, 0.4) is 0 Å². The molecule has 10 nitrogen and oxygen atoms in total. The number of carbonyl (C=O) groups excluding carboxylic acids is 2. The summed E-state index contributed by atoms with van der Waals surface area (Å²) in [5.41, 5.74) is 4.01. The normalized spacial score (nSPS) is 13.3. The number of amides is 3. The average Bonchev–Trinajstić information content (AvgIpc) is 2.76. The van der Waals surface area contributed by atoms with Crippen LogP contribution in [0.5, 0.6) is 5.75 Å². The van der Waals surface area contributed by atoms with Crippen molar-refractivity contribution < 1.29 is 19.2 Å². The Morgan fingerprint density at radius 2 is 2.03 bits per heavy atom. The summed E-state index contributed by atoms with van der Waals surface area (Å²) < 4.78 is 5.35. The zero-order chi connectivity index (χ0) is 22.5. The molecular formula is C21H28N6O4. The summed E-state index contributed by atoms with van der Waals surface area (Å²) in [6, 6.07) is 4.85. The van der Waals surface area contributed by atoms with E-state index in [4.69, 9.17) is 9.57 Å². The van der Waals surface area contributed by atoms with E-state index in [9.17, 15) is 9.59 Å². The number of rotatable bonds is 8. The molecule has 0 saturated heterocycles. The number of hydrogen-bond acceptors (Lipinski definition) is 7. The number of hydroxylamine groups is 1. The lowest BCUT2D eigenvalue weighted by molar-refractivity contribution is 0.0364. The van der Waals surface area contributed by atoms with Gasteiger partial charge in [-0.2, -0.15) is 4.98 Å². The van der Waals surface area contributed by atoms with Gasteiger partial charge in [0.05, 0.1) is 25.9 Å². The van der Waals surface area contributed by atoms with E-state index in [1.807, 2.05) is 20.8 Å². The Morgan fingerprint density at radius 1 is 1.26 bits per heavy atom. The lowest BCUT2D eigenvalue weighted by Crippen LogP contribution is -2.48. The Hall–Kier alpha value is -3.40. The molecule has 0 unspecified atom stereocenters. The lowest BCUT2D eigenvalue weighted by Gasteiger charge is -2.35. The van der Waals surface area contributed by atoms with Gasteiger partial charge in [-0.25, -0.2) is 15.3 Å². The average molecular weight is 428 g/mol. The summed E-state index contributed by atoms with van der Waals surface area (Å²) in [5.74, 6) is 1.09. The van der Waals surface area contributed by atoms with Crippen LogP contribution >= 0.6 is 0 Å². The molecule has 0 fully saturated rings. The van der Waals surface area contributed by atoms with Gasteiger partial charge in [-0.05, 0) is 39.8 Å². The molecule has 10 heteroatoms. The predicted octanol–water partition coefficient (Wildman–Crippen LogP) is 2.95. The standard InChI is InChI=1S/C21H28N6O4/c1-6-26-18-15(11-22-20(24-18)23-13(3)4)12-27(21(26)29)16-8-14(9-17(10-16)30-5)19(28)25-31-7-2/h8-11,13H,6-7,12H2,1-5H3,(H,25,28)(H,22,23,24). The van der Waals surface area contributed by atoms with Crippen molar-refractivity contribution in [3.8, 4) is 5.75 Å². The number of methoxy groups -OCH3 is 1. The van der Waals surface area contributed by atoms with Gasteiger partial charge in [-0.3, -0.25) is 19.4 Å². The van der Waals surface area contributed by atoms with Crippen molar-refractivity contribution in [2.45, 2.75) is 40.3 Å². The van der Waals surface area contributed by atoms with E-state index in [0.29, 0.717) is 41.9 Å². The first-order valence-corrected chi connectivity index (χ1v) is 10.2. The molecule has 0 bridgehead atoms. The smallest absolute Gasteiger partial charge is 0.330 e. The predicted molar refractivity (Wildman–Crippen MR) is 117 cm³/mol. The van der Waals surface area contributed by atoms with Gasteiger partial charge in [-0.1, -0.05) is 0 Å². The van der Waals surface area contributed by atoms with Gasteiger partial charge in [0.25, 0.3) is 5.91 Å². The van der Waals surface area contributed by atoms with Crippen molar-refractivity contribution in [1.29, 1.82) is 0 Å². The van der Waals surface area contributed by atoms with E-state index in [2.05, 4.69) is 20.8 Å². The number of ether oxygens (including phenoxy) is 1. The Kier molecular flexibility index (Phi) is 6.91. The SMILES string of the molecule is CCONC(=O)c1cc(OC)cc(N2Cc3cnc(NC(C)C)nc3N(CC)C2=O)c1. The zero-order valence-corrected chi connectivity index (χ0v) is 18.4. The second-order valence-electron chi connectivity index (χ2n) is 7.24. The van der Waals surface area contributed by atoms with Gasteiger partial charge < -0.3 is 10.1 Å². The quantitative estimate of drug-likeness (QED) is 0.622. The van der Waals surface area contributed by atoms with Crippen molar-refractivity contribution >= 4 is 29.4 Å². The highest BCUT2D eigenvalue weighted by Crippen LogP contribution is 2.33. The maximum absolute atomic E-state index is 13.3. The fourth-order valence-corrected chi connectivity index (χ4v) is 3.22. The molecule has 31 heavy (non-hydrogen) atoms. The molecule has 1 aromatic carbocycles. The molecule has 0 radical (unpaired) electrons. The summed E-state index contributed by atoms with van der Waals surface area (Å²) in [6.45, 7) is 8.68. The second-order valence-corrected chi connectivity index (χ2v) is 7.24. The first kappa shape index (κ1) is 22.3. The van der Waals surface area contributed by atoms with Crippen molar-refractivity contribution in [3.63, 3.8) is 0 Å². The minimum Gasteiger partial charge on any atom is -0.497 e. The third-order valence-electron chi connectivity index (χ3n) is 4.63. The minimum absolute atomic E-state index is 0.168. The Labute approximate surface area is 181 Å². The molecule has 3 rings (SSSR count). The molecular weight excluding hydrogens is 400 g/mol. The molecule has 0 spiro atoms. The number of benzene rings is 1. The van der Waals surface area contributed by atoms with Crippen LogP contribution in [0.2, 0.25) is 0 Å². The lowest BCUT2D eigenvalue weighted by atomic mass is 10.1. The second kappa shape index (κ2) is 9.61. The molecule has 0 saturated carbocycles. The molecule has 2 N–H and O–H groups in total. The number of aromatic nitrogens is 2. The van der Waals surface area contributed by atoms with E-state index < -0.39 is 5.91 Å². The van der Waals surface area contributed by atoms with Crippen LogP contribution < -0.4 is 25.3 Å². The van der Waals surface area contributed by atoms with Crippen LogP contribution in [0, 0.1) is 0 Å². The summed E-state index contributed by atoms with van der Waals surface area (Å²) in [7, 11) is 1.51. The third kappa shape index (κ3) is 4.85. The molecule has 1 aliphatic rings. The van der Waals surface area contributed by atoms with Crippen LogP contribution in [-0.4, -0.2) is 48.2 Å². The molecule has 3 amide bonds. The first-order valence-electron chi connectivity index (χ1n) is 10.2. The molecule has 0 aliphatic carbocycles. The number of nitrogens with zero attached hydrogens (tertiary/aromatic N) is 4. The van der Waals surface area contributed by atoms with Crippen molar-refractivity contribution in [2.75, 3.05) is 35.4 Å². The summed E-state index contributed by atoms with van der Waals surface area (Å²) in [5, 5.41) is 3.16. The summed E-state index contributed by atoms with van der Waals surface area (Å²) in [6.07, 6.45) is 1.72. The molecule has 0 atom stereocenters. The van der Waals surface area contributed by atoms with Gasteiger partial charge in [0.15, 0.2) is 0 Å². The number of hydrogen-bond donors (Lipinski definition) is 2. The summed E-state index contributed by atoms with van der Waals surface area (Å²) >= 11 is 0. The van der Waals surface area contributed by atoms with E-state index >= 15 is 0 Å². The van der Waals surface area contributed by atoms with Crippen LogP contribution in [-0.2, 0) is 11.4 Å². The van der Waals surface area contributed by atoms with E-state index in [1.54, 1.807) is 41.1 Å². The Bertz CT molecular complexity index is 965. The highest BCUT2D eigenvalue weighted by atomic mass is 16.6. The Balaban J connectivity index is 1.98. The number of anilines is 3. The van der Waals surface area contributed by atoms with Gasteiger partial charge in [0, 0.05) is 36.0 Å². The van der Waals surface area contributed by atoms with Crippen LogP contribution in [0.25, 0.3) is 0 Å². The first-order chi connectivity index (χ1) is 14.9. The van der Waals surface area contributed by atoms with Crippen LogP contribution in [0.15, 0.2) is 24.4 Å².